The molecule has 21 heavy (non-hydrogen) atoms. The Kier molecular flexibility index (Phi) is 3.64. The zero-order chi connectivity index (χ0) is 14.8. The zero-order valence-corrected chi connectivity index (χ0v) is 11.6. The van der Waals surface area contributed by atoms with Crippen molar-refractivity contribution in [2.75, 3.05) is 7.11 Å². The highest BCUT2D eigenvalue weighted by Crippen LogP contribution is 2.20. The lowest BCUT2D eigenvalue weighted by Crippen LogP contribution is -2.30. The molecule has 0 aliphatic heterocycles. The van der Waals surface area contributed by atoms with Gasteiger partial charge in [0, 0.05) is 10.9 Å². The van der Waals surface area contributed by atoms with Gasteiger partial charge in [-0.15, -0.1) is 0 Å². The molecular formula is C15H15BN2O3. The van der Waals surface area contributed by atoms with E-state index < -0.39 is 7.12 Å². The van der Waals surface area contributed by atoms with Crippen LogP contribution in [0.2, 0.25) is 0 Å². The Bertz CT molecular complexity index is 770. The van der Waals surface area contributed by atoms with Gasteiger partial charge in [0.2, 0.25) is 0 Å². The SMILES string of the molecule is COc1ccc(B(O)O)cc1Cn1ncc2ccccc21. The van der Waals surface area contributed by atoms with E-state index in [1.807, 2.05) is 35.1 Å². The van der Waals surface area contributed by atoms with Crippen molar-refractivity contribution in [2.24, 2.45) is 0 Å². The summed E-state index contributed by atoms with van der Waals surface area (Å²) in [4.78, 5) is 0. The van der Waals surface area contributed by atoms with Gasteiger partial charge in [0.05, 0.1) is 25.4 Å². The molecule has 0 saturated heterocycles. The van der Waals surface area contributed by atoms with Crippen LogP contribution in [0.4, 0.5) is 0 Å². The number of hydrogen-bond acceptors (Lipinski definition) is 4. The standard InChI is InChI=1S/C15H15BN2O3/c1-21-15-7-6-13(16(19)20)8-12(15)10-18-14-5-3-2-4-11(14)9-17-18/h2-9,19-20H,10H2,1H3. The third-order valence-electron chi connectivity index (χ3n) is 3.47. The monoisotopic (exact) mass is 282 g/mol. The molecule has 3 rings (SSSR count). The van der Waals surface area contributed by atoms with E-state index in [4.69, 9.17) is 4.74 Å². The third kappa shape index (κ3) is 2.63. The summed E-state index contributed by atoms with van der Waals surface area (Å²) in [6.45, 7) is 0.497. The first kappa shape index (κ1) is 13.7. The fraction of sp³-hybridized carbons (Fsp3) is 0.133. The molecule has 0 bridgehead atoms. The summed E-state index contributed by atoms with van der Waals surface area (Å²) in [5.41, 5.74) is 2.30. The van der Waals surface area contributed by atoms with Gasteiger partial charge in [-0.2, -0.15) is 5.10 Å². The largest absolute Gasteiger partial charge is 0.496 e. The molecule has 2 aromatic carbocycles. The van der Waals surface area contributed by atoms with Crippen LogP contribution in [0.3, 0.4) is 0 Å². The number of hydrogen-bond donors (Lipinski definition) is 2. The maximum absolute atomic E-state index is 9.30. The van der Waals surface area contributed by atoms with Gasteiger partial charge >= 0.3 is 7.12 Å². The second kappa shape index (κ2) is 5.59. The predicted molar refractivity (Wildman–Crippen MR) is 81.7 cm³/mol. The molecular weight excluding hydrogens is 267 g/mol. The molecule has 0 fully saturated rings. The molecule has 0 saturated carbocycles. The summed E-state index contributed by atoms with van der Waals surface area (Å²) in [5.74, 6) is 0.694. The highest BCUT2D eigenvalue weighted by atomic mass is 16.5. The molecule has 3 aromatic rings. The number of ether oxygens (including phenoxy) is 1. The van der Waals surface area contributed by atoms with E-state index in [1.54, 1.807) is 25.3 Å². The first-order valence-electron chi connectivity index (χ1n) is 6.62. The van der Waals surface area contributed by atoms with Crippen molar-refractivity contribution < 1.29 is 14.8 Å². The molecule has 0 radical (unpaired) electrons. The van der Waals surface area contributed by atoms with Gasteiger partial charge in [0.1, 0.15) is 5.75 Å². The summed E-state index contributed by atoms with van der Waals surface area (Å²) in [6.07, 6.45) is 1.81. The Hall–Kier alpha value is -2.31. The normalized spacial score (nSPS) is 10.8. The predicted octanol–water partition coefficient (Wildman–Crippen LogP) is 0.773. The van der Waals surface area contributed by atoms with Crippen molar-refractivity contribution in [1.82, 2.24) is 9.78 Å². The lowest BCUT2D eigenvalue weighted by molar-refractivity contribution is 0.407. The van der Waals surface area contributed by atoms with Gasteiger partial charge in [-0.05, 0) is 17.6 Å². The van der Waals surface area contributed by atoms with Gasteiger partial charge in [-0.3, -0.25) is 4.68 Å². The highest BCUT2D eigenvalue weighted by Gasteiger charge is 2.14. The number of rotatable bonds is 4. The molecule has 0 aliphatic carbocycles. The highest BCUT2D eigenvalue weighted by molar-refractivity contribution is 6.58. The summed E-state index contributed by atoms with van der Waals surface area (Å²) in [5, 5.41) is 24.0. The van der Waals surface area contributed by atoms with Crippen LogP contribution in [-0.4, -0.2) is 34.1 Å². The van der Waals surface area contributed by atoms with Crippen molar-refractivity contribution in [3.8, 4) is 5.75 Å². The van der Waals surface area contributed by atoms with Crippen molar-refractivity contribution in [3.63, 3.8) is 0 Å². The van der Waals surface area contributed by atoms with E-state index in [0.717, 1.165) is 16.5 Å². The number of aromatic nitrogens is 2. The van der Waals surface area contributed by atoms with Gasteiger partial charge < -0.3 is 14.8 Å². The first-order chi connectivity index (χ1) is 10.2. The molecule has 2 N–H and O–H groups in total. The van der Waals surface area contributed by atoms with Crippen LogP contribution in [-0.2, 0) is 6.54 Å². The lowest BCUT2D eigenvalue weighted by Gasteiger charge is -2.11. The maximum Gasteiger partial charge on any atom is 0.488 e. The quantitative estimate of drug-likeness (QED) is 0.694. The van der Waals surface area contributed by atoms with E-state index in [0.29, 0.717) is 17.8 Å². The maximum atomic E-state index is 9.30. The second-order valence-corrected chi connectivity index (χ2v) is 4.81. The van der Waals surface area contributed by atoms with Crippen LogP contribution in [0.5, 0.6) is 5.75 Å². The van der Waals surface area contributed by atoms with Crippen molar-refractivity contribution in [2.45, 2.75) is 6.54 Å². The smallest absolute Gasteiger partial charge is 0.488 e. The van der Waals surface area contributed by atoms with Crippen molar-refractivity contribution in [3.05, 3.63) is 54.2 Å². The molecule has 6 heteroatoms. The number of methoxy groups -OCH3 is 1. The Labute approximate surface area is 122 Å². The third-order valence-corrected chi connectivity index (χ3v) is 3.47. The molecule has 0 spiro atoms. The molecule has 0 aliphatic rings. The van der Waals surface area contributed by atoms with Crippen LogP contribution in [0, 0.1) is 0 Å². The van der Waals surface area contributed by atoms with Crippen LogP contribution in [0.1, 0.15) is 5.56 Å². The Morgan fingerprint density at radius 1 is 1.19 bits per heavy atom. The van der Waals surface area contributed by atoms with Crippen LogP contribution in [0.25, 0.3) is 10.9 Å². The lowest BCUT2D eigenvalue weighted by atomic mass is 9.79. The molecule has 0 atom stereocenters. The minimum absolute atomic E-state index is 0.433. The molecule has 5 nitrogen and oxygen atoms in total. The first-order valence-corrected chi connectivity index (χ1v) is 6.62. The average Bonchev–Trinajstić information content (AvgIpc) is 2.90. The second-order valence-electron chi connectivity index (χ2n) is 4.81. The number of fused-ring (bicyclic) bond motifs is 1. The Morgan fingerprint density at radius 3 is 2.76 bits per heavy atom. The fourth-order valence-corrected chi connectivity index (χ4v) is 2.40. The van der Waals surface area contributed by atoms with Crippen LogP contribution < -0.4 is 10.2 Å². The topological polar surface area (TPSA) is 67.5 Å². The van der Waals surface area contributed by atoms with E-state index in [2.05, 4.69) is 5.10 Å². The molecule has 0 unspecified atom stereocenters. The van der Waals surface area contributed by atoms with E-state index in [-0.39, 0.29) is 0 Å². The summed E-state index contributed by atoms with van der Waals surface area (Å²) in [6, 6.07) is 13.0. The number of nitrogens with zero attached hydrogens (tertiary/aromatic N) is 2. The molecule has 106 valence electrons. The van der Waals surface area contributed by atoms with Crippen LogP contribution in [0.15, 0.2) is 48.7 Å². The number of benzene rings is 2. The Balaban J connectivity index is 2.02. The van der Waals surface area contributed by atoms with Gasteiger partial charge in [0.15, 0.2) is 0 Å². The van der Waals surface area contributed by atoms with E-state index in [1.165, 1.54) is 0 Å². The zero-order valence-electron chi connectivity index (χ0n) is 11.6. The van der Waals surface area contributed by atoms with Gasteiger partial charge in [-0.1, -0.05) is 30.3 Å². The van der Waals surface area contributed by atoms with Gasteiger partial charge in [-0.25, -0.2) is 0 Å². The summed E-state index contributed by atoms with van der Waals surface area (Å²) in [7, 11) is 0.0961. The minimum Gasteiger partial charge on any atom is -0.496 e. The Morgan fingerprint density at radius 2 is 2.00 bits per heavy atom. The molecule has 1 heterocycles. The molecule has 0 amide bonds. The summed E-state index contributed by atoms with van der Waals surface area (Å²) >= 11 is 0. The minimum atomic E-state index is -1.50. The number of para-hydroxylation sites is 1. The van der Waals surface area contributed by atoms with Crippen molar-refractivity contribution in [1.29, 1.82) is 0 Å². The van der Waals surface area contributed by atoms with E-state index >= 15 is 0 Å². The van der Waals surface area contributed by atoms with Crippen molar-refractivity contribution >= 4 is 23.5 Å². The van der Waals surface area contributed by atoms with E-state index in [9.17, 15) is 10.0 Å². The summed E-state index contributed by atoms with van der Waals surface area (Å²) < 4.78 is 7.20. The fourth-order valence-electron chi connectivity index (χ4n) is 2.40. The van der Waals surface area contributed by atoms with Gasteiger partial charge in [0.25, 0.3) is 0 Å². The molecule has 1 aromatic heterocycles. The average molecular weight is 282 g/mol. The van der Waals surface area contributed by atoms with Crippen LogP contribution >= 0.6 is 0 Å².